The van der Waals surface area contributed by atoms with Crippen molar-refractivity contribution in [1.29, 1.82) is 0 Å². The molecule has 0 unspecified atom stereocenters. The lowest BCUT2D eigenvalue weighted by molar-refractivity contribution is 0.783. The second-order valence-electron chi connectivity index (χ2n) is 7.91. The van der Waals surface area contributed by atoms with Crippen LogP contribution >= 0.6 is 0 Å². The van der Waals surface area contributed by atoms with Crippen LogP contribution in [0.15, 0.2) is 30.6 Å². The van der Waals surface area contributed by atoms with E-state index in [-0.39, 0.29) is 0 Å². The molecule has 0 radical (unpaired) electrons. The van der Waals surface area contributed by atoms with Gasteiger partial charge in [0.05, 0.1) is 11.2 Å². The summed E-state index contributed by atoms with van der Waals surface area (Å²) in [6.45, 7) is 10.4. The summed E-state index contributed by atoms with van der Waals surface area (Å²) < 4.78 is 1.91. The highest BCUT2D eigenvalue weighted by Crippen LogP contribution is 2.31. The molecule has 0 aliphatic heterocycles. The molecule has 2 aromatic heterocycles. The van der Waals surface area contributed by atoms with Gasteiger partial charge in [-0.25, -0.2) is 9.97 Å². The Labute approximate surface area is 176 Å². The molecule has 0 atom stereocenters. The summed E-state index contributed by atoms with van der Waals surface area (Å²) in [5.41, 5.74) is 8.93. The lowest BCUT2D eigenvalue weighted by atomic mass is 10.1. The van der Waals surface area contributed by atoms with E-state index in [1.54, 1.807) is 6.33 Å². The monoisotopic (exact) mass is 401 g/mol. The maximum Gasteiger partial charge on any atom is 0.234 e. The fourth-order valence-corrected chi connectivity index (χ4v) is 3.77. The molecule has 4 aromatic rings. The molecule has 2 aromatic carbocycles. The van der Waals surface area contributed by atoms with Gasteiger partial charge in [-0.3, -0.25) is 4.68 Å². The standard InChI is InChI=1S/C23H27N7/c1-13-8-15(3)19(10-14(13)2)26-22-24-12-25-23(27-22)29(6)20-11-21-18(9-16(20)4)17(5)28-30(21)7/h8-12H,1-7H3,(H,24,25,26,27). The predicted octanol–water partition coefficient (Wildman–Crippen LogP) is 4.81. The third kappa shape index (κ3) is 3.47. The third-order valence-electron chi connectivity index (χ3n) is 5.66. The van der Waals surface area contributed by atoms with Gasteiger partial charge in [0.2, 0.25) is 11.9 Å². The summed E-state index contributed by atoms with van der Waals surface area (Å²) in [4.78, 5) is 15.4. The SMILES string of the molecule is Cc1cc(C)c(Nc2ncnc(N(C)c3cc4c(cc3C)c(C)nn4C)n2)cc1C. The molecular weight excluding hydrogens is 374 g/mol. The Balaban J connectivity index is 1.69. The zero-order chi connectivity index (χ0) is 21.6. The second kappa shape index (κ2) is 7.40. The molecule has 30 heavy (non-hydrogen) atoms. The van der Waals surface area contributed by atoms with Gasteiger partial charge in [0, 0.05) is 30.9 Å². The number of benzene rings is 2. The Kier molecular flexibility index (Phi) is 4.89. The van der Waals surface area contributed by atoms with E-state index in [0.29, 0.717) is 11.9 Å². The van der Waals surface area contributed by atoms with Gasteiger partial charge < -0.3 is 10.2 Å². The summed E-state index contributed by atoms with van der Waals surface area (Å²) in [5, 5.41) is 9.04. The van der Waals surface area contributed by atoms with Crippen LogP contribution in [0.1, 0.15) is 27.9 Å². The Morgan fingerprint density at radius 3 is 2.37 bits per heavy atom. The van der Waals surface area contributed by atoms with E-state index in [0.717, 1.165) is 39.1 Å². The van der Waals surface area contributed by atoms with Crippen molar-refractivity contribution >= 4 is 34.2 Å². The van der Waals surface area contributed by atoms with Gasteiger partial charge in [0.15, 0.2) is 0 Å². The highest BCUT2D eigenvalue weighted by molar-refractivity contribution is 5.87. The van der Waals surface area contributed by atoms with Crippen LogP contribution in [0.2, 0.25) is 0 Å². The van der Waals surface area contributed by atoms with Crippen molar-refractivity contribution in [2.75, 3.05) is 17.3 Å². The van der Waals surface area contributed by atoms with Crippen LogP contribution in [0.3, 0.4) is 0 Å². The lowest BCUT2D eigenvalue weighted by Crippen LogP contribution is -2.15. The molecule has 7 heteroatoms. The molecule has 0 amide bonds. The van der Waals surface area contributed by atoms with E-state index in [4.69, 9.17) is 0 Å². The highest BCUT2D eigenvalue weighted by Gasteiger charge is 2.15. The van der Waals surface area contributed by atoms with E-state index in [2.05, 4.69) is 77.3 Å². The van der Waals surface area contributed by atoms with Crippen LogP contribution in [-0.4, -0.2) is 31.8 Å². The van der Waals surface area contributed by atoms with Gasteiger partial charge in [-0.05, 0) is 75.1 Å². The topological polar surface area (TPSA) is 71.8 Å². The number of hydrogen-bond donors (Lipinski definition) is 1. The number of aromatic nitrogens is 5. The highest BCUT2D eigenvalue weighted by atomic mass is 15.3. The minimum atomic E-state index is 0.522. The maximum absolute atomic E-state index is 4.66. The van der Waals surface area contributed by atoms with Gasteiger partial charge in [0.25, 0.3) is 0 Å². The van der Waals surface area contributed by atoms with E-state index in [1.165, 1.54) is 11.1 Å². The van der Waals surface area contributed by atoms with Crippen LogP contribution in [0.25, 0.3) is 10.9 Å². The van der Waals surface area contributed by atoms with E-state index >= 15 is 0 Å². The number of rotatable bonds is 4. The molecule has 0 spiro atoms. The normalized spacial score (nSPS) is 11.2. The predicted molar refractivity (Wildman–Crippen MR) is 122 cm³/mol. The van der Waals surface area contributed by atoms with Crippen molar-refractivity contribution in [2.45, 2.75) is 34.6 Å². The molecule has 0 saturated heterocycles. The van der Waals surface area contributed by atoms with Crippen LogP contribution in [0.5, 0.6) is 0 Å². The van der Waals surface area contributed by atoms with Gasteiger partial charge in [-0.1, -0.05) is 6.07 Å². The summed E-state index contributed by atoms with van der Waals surface area (Å²) in [7, 11) is 3.93. The first-order chi connectivity index (χ1) is 14.2. The summed E-state index contributed by atoms with van der Waals surface area (Å²) >= 11 is 0. The number of hydrogen-bond acceptors (Lipinski definition) is 6. The number of nitrogens with one attached hydrogen (secondary N) is 1. The molecule has 7 nitrogen and oxygen atoms in total. The lowest BCUT2D eigenvalue weighted by Gasteiger charge is -2.20. The molecule has 0 aliphatic rings. The molecule has 0 fully saturated rings. The molecule has 0 saturated carbocycles. The average Bonchev–Trinajstić information content (AvgIpc) is 2.98. The fourth-order valence-electron chi connectivity index (χ4n) is 3.77. The number of anilines is 4. The Hall–Kier alpha value is -3.48. The molecule has 1 N–H and O–H groups in total. The first-order valence-corrected chi connectivity index (χ1v) is 9.96. The van der Waals surface area contributed by atoms with Crippen molar-refractivity contribution in [3.05, 3.63) is 58.5 Å². The Bertz CT molecular complexity index is 1260. The van der Waals surface area contributed by atoms with Crippen LogP contribution in [-0.2, 0) is 7.05 Å². The van der Waals surface area contributed by atoms with E-state index in [1.807, 2.05) is 30.6 Å². The number of nitrogens with zero attached hydrogens (tertiary/aromatic N) is 6. The van der Waals surface area contributed by atoms with Crippen LogP contribution in [0, 0.1) is 34.6 Å². The Morgan fingerprint density at radius 2 is 1.60 bits per heavy atom. The van der Waals surface area contributed by atoms with Crippen LogP contribution < -0.4 is 10.2 Å². The van der Waals surface area contributed by atoms with Crippen LogP contribution in [0.4, 0.5) is 23.3 Å². The smallest absolute Gasteiger partial charge is 0.234 e. The second-order valence-corrected chi connectivity index (χ2v) is 7.91. The molecule has 154 valence electrons. The molecule has 0 bridgehead atoms. The first-order valence-electron chi connectivity index (χ1n) is 9.96. The molecule has 4 rings (SSSR count). The average molecular weight is 402 g/mol. The van der Waals surface area contributed by atoms with Crippen molar-refractivity contribution in [3.8, 4) is 0 Å². The zero-order valence-corrected chi connectivity index (χ0v) is 18.6. The number of aryl methyl sites for hydroxylation is 6. The fraction of sp³-hybridized carbons (Fsp3) is 0.304. The van der Waals surface area contributed by atoms with E-state index < -0.39 is 0 Å². The first kappa shape index (κ1) is 19.8. The van der Waals surface area contributed by atoms with Gasteiger partial charge in [0.1, 0.15) is 6.33 Å². The largest absolute Gasteiger partial charge is 0.324 e. The van der Waals surface area contributed by atoms with Crippen molar-refractivity contribution in [2.24, 2.45) is 7.05 Å². The molecule has 2 heterocycles. The van der Waals surface area contributed by atoms with Crippen molar-refractivity contribution < 1.29 is 0 Å². The van der Waals surface area contributed by atoms with Gasteiger partial charge in [-0.2, -0.15) is 10.1 Å². The van der Waals surface area contributed by atoms with Gasteiger partial charge in [-0.15, -0.1) is 0 Å². The summed E-state index contributed by atoms with van der Waals surface area (Å²) in [6, 6.07) is 8.60. The Morgan fingerprint density at radius 1 is 0.867 bits per heavy atom. The van der Waals surface area contributed by atoms with E-state index in [9.17, 15) is 0 Å². The van der Waals surface area contributed by atoms with Gasteiger partial charge >= 0.3 is 0 Å². The minimum Gasteiger partial charge on any atom is -0.324 e. The zero-order valence-electron chi connectivity index (χ0n) is 18.6. The van der Waals surface area contributed by atoms with Crippen molar-refractivity contribution in [1.82, 2.24) is 24.7 Å². The molecular formula is C23H27N7. The van der Waals surface area contributed by atoms with Crippen molar-refractivity contribution in [3.63, 3.8) is 0 Å². The third-order valence-corrected chi connectivity index (χ3v) is 5.66. The summed E-state index contributed by atoms with van der Waals surface area (Å²) in [6.07, 6.45) is 1.54. The molecule has 0 aliphatic carbocycles. The summed E-state index contributed by atoms with van der Waals surface area (Å²) in [5.74, 6) is 1.10. The minimum absolute atomic E-state index is 0.522. The number of fused-ring (bicyclic) bond motifs is 1. The quantitative estimate of drug-likeness (QED) is 0.529. The maximum atomic E-state index is 4.66.